The van der Waals surface area contributed by atoms with Gasteiger partial charge < -0.3 is 4.74 Å². The van der Waals surface area contributed by atoms with Gasteiger partial charge in [0.2, 0.25) is 0 Å². The topological polar surface area (TPSA) is 26.3 Å². The van der Waals surface area contributed by atoms with Crippen LogP contribution in [0.15, 0.2) is 42.5 Å². The summed E-state index contributed by atoms with van der Waals surface area (Å²) in [5.74, 6) is 0.863. The van der Waals surface area contributed by atoms with E-state index in [2.05, 4.69) is 13.8 Å². The molecule has 0 amide bonds. The summed E-state index contributed by atoms with van der Waals surface area (Å²) in [6.07, 6.45) is 1.19. The molecular weight excluding hydrogens is 298 g/mol. The Kier molecular flexibility index (Phi) is 8.07. The van der Waals surface area contributed by atoms with E-state index in [0.717, 1.165) is 34.2 Å². The first-order valence-corrected chi connectivity index (χ1v) is 8.65. The first-order valence-electron chi connectivity index (χ1n) is 7.65. The molecule has 2 nitrogen and oxygen atoms in total. The van der Waals surface area contributed by atoms with Crippen molar-refractivity contribution in [3.05, 3.63) is 59.2 Å². The number of ether oxygens (including phenoxy) is 1. The monoisotopic (exact) mass is 322 g/mol. The van der Waals surface area contributed by atoms with E-state index in [9.17, 15) is 4.79 Å². The van der Waals surface area contributed by atoms with Gasteiger partial charge in [-0.25, -0.2) is 0 Å². The zero-order valence-electron chi connectivity index (χ0n) is 13.6. The Morgan fingerprint density at radius 3 is 2.17 bits per heavy atom. The van der Waals surface area contributed by atoms with Gasteiger partial charge in [-0.05, 0) is 64.3 Å². The normalized spacial score (nSPS) is 12.0. The number of hydrogen-bond acceptors (Lipinski definition) is 2. The van der Waals surface area contributed by atoms with E-state index in [0.29, 0.717) is 0 Å². The third-order valence-electron chi connectivity index (χ3n) is 3.73. The Hall–Kier alpha value is -1.06. The summed E-state index contributed by atoms with van der Waals surface area (Å²) in [5, 5.41) is 1.05. The van der Waals surface area contributed by atoms with Crippen molar-refractivity contribution in [3.63, 3.8) is 0 Å². The van der Waals surface area contributed by atoms with Gasteiger partial charge >= 0.3 is 18.9 Å². The molecular formula is C19H24LiO2P. The molecule has 0 aromatic heterocycles. The van der Waals surface area contributed by atoms with E-state index in [-0.39, 0.29) is 39.1 Å². The molecule has 0 aliphatic heterocycles. The molecule has 0 spiro atoms. The van der Waals surface area contributed by atoms with Crippen molar-refractivity contribution in [1.29, 1.82) is 0 Å². The van der Waals surface area contributed by atoms with Gasteiger partial charge in [0.15, 0.2) is 5.52 Å². The second kappa shape index (κ2) is 9.29. The number of carbonyl (C=O) groups is 1. The maximum absolute atomic E-state index is 12.5. The Labute approximate surface area is 153 Å². The van der Waals surface area contributed by atoms with Gasteiger partial charge in [0, 0.05) is 5.56 Å². The van der Waals surface area contributed by atoms with Gasteiger partial charge in [-0.15, -0.1) is 0 Å². The fraction of sp³-hybridized carbons (Fsp3) is 0.316. The van der Waals surface area contributed by atoms with Crippen molar-refractivity contribution in [2.75, 3.05) is 0 Å². The van der Waals surface area contributed by atoms with Gasteiger partial charge in [-0.1, -0.05) is 37.3 Å². The summed E-state index contributed by atoms with van der Waals surface area (Å²) in [4.78, 5) is 12.5. The molecule has 0 aliphatic rings. The van der Waals surface area contributed by atoms with Crippen LogP contribution in [0, 0.1) is 13.8 Å². The minimum atomic E-state index is 0. The molecule has 0 bridgehead atoms. The molecule has 2 aromatic rings. The maximum atomic E-state index is 12.5. The zero-order valence-corrected chi connectivity index (χ0v) is 14.6. The molecule has 4 heteroatoms. The molecule has 0 saturated carbocycles. The third-order valence-corrected chi connectivity index (χ3v) is 4.83. The van der Waals surface area contributed by atoms with Crippen LogP contribution < -0.4 is 10.0 Å². The summed E-state index contributed by atoms with van der Waals surface area (Å²) in [6, 6.07) is 13.9. The van der Waals surface area contributed by atoms with Crippen LogP contribution >= 0.6 is 8.58 Å². The summed E-state index contributed by atoms with van der Waals surface area (Å²) in [6.45, 7) is 8.14. The predicted octanol–water partition coefficient (Wildman–Crippen LogP) is 3.98. The summed E-state index contributed by atoms with van der Waals surface area (Å²) in [7, 11) is 0.147. The van der Waals surface area contributed by atoms with Crippen LogP contribution in [0.4, 0.5) is 0 Å². The first-order chi connectivity index (χ1) is 10.5. The molecule has 118 valence electrons. The summed E-state index contributed by atoms with van der Waals surface area (Å²) in [5.41, 5.74) is 3.16. The fourth-order valence-corrected chi connectivity index (χ4v) is 3.41. The van der Waals surface area contributed by atoms with E-state index < -0.39 is 0 Å². The Morgan fingerprint density at radius 2 is 1.65 bits per heavy atom. The number of carbonyl (C=O) groups excluding carboxylic acids is 1. The molecule has 2 unspecified atom stereocenters. The van der Waals surface area contributed by atoms with E-state index in [1.54, 1.807) is 0 Å². The van der Waals surface area contributed by atoms with Crippen molar-refractivity contribution in [2.24, 2.45) is 0 Å². The zero-order chi connectivity index (χ0) is 16.1. The Balaban J connectivity index is 0.00000264. The molecule has 2 aromatic carbocycles. The molecule has 0 radical (unpaired) electrons. The molecule has 0 saturated heterocycles. The molecule has 2 rings (SSSR count). The molecule has 0 fully saturated rings. The van der Waals surface area contributed by atoms with Crippen LogP contribution in [-0.2, 0) is 0 Å². The van der Waals surface area contributed by atoms with Crippen LogP contribution in [0.5, 0.6) is 5.75 Å². The van der Waals surface area contributed by atoms with E-state index in [1.165, 1.54) is 0 Å². The van der Waals surface area contributed by atoms with Crippen molar-refractivity contribution in [3.8, 4) is 5.75 Å². The first kappa shape index (κ1) is 20.0. The molecule has 2 atom stereocenters. The molecule has 0 N–H and O–H groups in total. The van der Waals surface area contributed by atoms with E-state index in [4.69, 9.17) is 4.74 Å². The molecule has 0 heterocycles. The number of hydrogen-bond donors (Lipinski definition) is 0. The van der Waals surface area contributed by atoms with Gasteiger partial charge in [0.25, 0.3) is 0 Å². The van der Waals surface area contributed by atoms with E-state index >= 15 is 0 Å². The number of rotatable bonds is 6. The van der Waals surface area contributed by atoms with Crippen molar-refractivity contribution >= 4 is 38.3 Å². The molecule has 23 heavy (non-hydrogen) atoms. The van der Waals surface area contributed by atoms with Gasteiger partial charge in [-0.3, -0.25) is 4.79 Å². The Morgan fingerprint density at radius 1 is 1.09 bits per heavy atom. The third kappa shape index (κ3) is 5.50. The Bertz CT molecular complexity index is 633. The standard InChI is InChI=1S/C19H23O2P.Li.H/c1-5-15(4)21-16-9-11-17(12-10-16)22-19(20)18-13(2)7-6-8-14(18)3;;/h6-12,15,22H,5H2,1-4H3;;. The minimum absolute atomic E-state index is 0. The van der Waals surface area contributed by atoms with Crippen LogP contribution in [0.25, 0.3) is 0 Å². The number of aryl methyl sites for hydroxylation is 2. The summed E-state index contributed by atoms with van der Waals surface area (Å²) < 4.78 is 5.76. The summed E-state index contributed by atoms with van der Waals surface area (Å²) >= 11 is 0. The van der Waals surface area contributed by atoms with Crippen LogP contribution in [0.2, 0.25) is 0 Å². The van der Waals surface area contributed by atoms with Crippen LogP contribution in [0.1, 0.15) is 41.8 Å². The van der Waals surface area contributed by atoms with Crippen LogP contribution in [-0.4, -0.2) is 30.5 Å². The SMILES string of the molecule is CCC(C)Oc1ccc(PC(=O)c2c(C)cccc2C)cc1.[LiH]. The predicted molar refractivity (Wildman–Crippen MR) is 102 cm³/mol. The quantitative estimate of drug-likeness (QED) is 0.594. The van der Waals surface area contributed by atoms with Crippen molar-refractivity contribution < 1.29 is 9.53 Å². The van der Waals surface area contributed by atoms with Crippen molar-refractivity contribution in [1.82, 2.24) is 0 Å². The average Bonchev–Trinajstić information content (AvgIpc) is 2.49. The number of benzene rings is 2. The average molecular weight is 322 g/mol. The second-order valence-electron chi connectivity index (χ2n) is 5.58. The van der Waals surface area contributed by atoms with Gasteiger partial charge in [-0.2, -0.15) is 0 Å². The van der Waals surface area contributed by atoms with E-state index in [1.807, 2.05) is 56.3 Å². The van der Waals surface area contributed by atoms with Gasteiger partial charge in [0.05, 0.1) is 6.10 Å². The van der Waals surface area contributed by atoms with Crippen LogP contribution in [0.3, 0.4) is 0 Å². The second-order valence-corrected chi connectivity index (χ2v) is 6.86. The fourth-order valence-electron chi connectivity index (χ4n) is 2.30. The molecule has 0 aliphatic carbocycles. The van der Waals surface area contributed by atoms with Gasteiger partial charge in [0.1, 0.15) is 5.75 Å². The van der Waals surface area contributed by atoms with Crippen molar-refractivity contribution in [2.45, 2.75) is 40.2 Å².